The first-order valence-corrected chi connectivity index (χ1v) is 11.5. The molecule has 4 rings (SSSR count). The number of carbonyl (C=O) groups excluding carboxylic acids is 1. The monoisotopic (exact) mass is 491 g/mol. The van der Waals surface area contributed by atoms with Gasteiger partial charge in [-0.15, -0.1) is 10.2 Å². The van der Waals surface area contributed by atoms with Gasteiger partial charge in [0.15, 0.2) is 11.0 Å². The van der Waals surface area contributed by atoms with Gasteiger partial charge in [-0.25, -0.2) is 9.82 Å². The smallest absolute Gasteiger partial charge is 0.250 e. The number of hydrogen-bond acceptors (Lipinski definition) is 7. The lowest BCUT2D eigenvalue weighted by atomic mass is 10.2. The van der Waals surface area contributed by atoms with Crippen molar-refractivity contribution < 1.29 is 18.7 Å². The maximum Gasteiger partial charge on any atom is 0.250 e. The summed E-state index contributed by atoms with van der Waals surface area (Å²) in [5, 5.41) is 13.0. The van der Waals surface area contributed by atoms with Crippen molar-refractivity contribution in [2.45, 2.75) is 5.16 Å². The molecule has 0 bridgehead atoms. The maximum absolute atomic E-state index is 13.7. The third-order valence-corrected chi connectivity index (χ3v) is 5.87. The largest absolute Gasteiger partial charge is 0.497 e. The van der Waals surface area contributed by atoms with Gasteiger partial charge in [0.1, 0.15) is 17.3 Å². The Balaban J connectivity index is 1.54. The number of thioether (sulfide) groups is 1. The molecule has 35 heavy (non-hydrogen) atoms. The predicted molar refractivity (Wildman–Crippen MR) is 133 cm³/mol. The van der Waals surface area contributed by atoms with Crippen LogP contribution < -0.4 is 14.9 Å². The molecule has 0 radical (unpaired) electrons. The first kappa shape index (κ1) is 24.0. The van der Waals surface area contributed by atoms with Crippen LogP contribution in [0, 0.1) is 5.82 Å². The highest BCUT2D eigenvalue weighted by atomic mass is 32.2. The molecule has 0 fully saturated rings. The number of hydrazone groups is 1. The highest BCUT2D eigenvalue weighted by Crippen LogP contribution is 2.29. The van der Waals surface area contributed by atoms with Crippen LogP contribution in [0.5, 0.6) is 11.5 Å². The van der Waals surface area contributed by atoms with Gasteiger partial charge in [-0.05, 0) is 54.6 Å². The molecule has 0 unspecified atom stereocenters. The minimum absolute atomic E-state index is 0.0332. The molecule has 178 valence electrons. The number of benzene rings is 3. The average Bonchev–Trinajstić information content (AvgIpc) is 3.32. The molecular formula is C25H22FN5O3S. The Hall–Kier alpha value is -4.18. The fourth-order valence-corrected chi connectivity index (χ4v) is 3.91. The van der Waals surface area contributed by atoms with Crippen LogP contribution in [-0.4, -0.2) is 46.9 Å². The summed E-state index contributed by atoms with van der Waals surface area (Å²) in [4.78, 5) is 12.3. The number of aromatic nitrogens is 3. The topological polar surface area (TPSA) is 90.6 Å². The standard InChI is InChI=1S/C25H22FN5O3S/c1-33-20-11-7-17(8-12-20)24-29-30-25(31(24)19-9-13-21(34-2)14-10-19)35-16-23(32)28-27-15-18-5-3-4-6-22(18)26/h3-15H,16H2,1-2H3,(H,28,32). The Bertz CT molecular complexity index is 1320. The molecule has 1 amide bonds. The number of rotatable bonds is 9. The molecular weight excluding hydrogens is 469 g/mol. The number of amides is 1. The lowest BCUT2D eigenvalue weighted by Gasteiger charge is -2.11. The van der Waals surface area contributed by atoms with Crippen LogP contribution in [0.3, 0.4) is 0 Å². The van der Waals surface area contributed by atoms with Crippen LogP contribution in [0.1, 0.15) is 5.56 Å². The van der Waals surface area contributed by atoms with Crippen LogP contribution >= 0.6 is 11.8 Å². The van der Waals surface area contributed by atoms with E-state index in [1.807, 2.05) is 53.1 Å². The van der Waals surface area contributed by atoms with Crippen molar-refractivity contribution in [3.05, 3.63) is 84.2 Å². The molecule has 1 N–H and O–H groups in total. The molecule has 8 nitrogen and oxygen atoms in total. The molecule has 0 aliphatic heterocycles. The summed E-state index contributed by atoms with van der Waals surface area (Å²) in [5.74, 6) is 1.31. The lowest BCUT2D eigenvalue weighted by molar-refractivity contribution is -0.118. The summed E-state index contributed by atoms with van der Waals surface area (Å²) in [7, 11) is 3.21. The number of nitrogens with one attached hydrogen (secondary N) is 1. The van der Waals surface area contributed by atoms with Gasteiger partial charge in [0, 0.05) is 16.8 Å². The van der Waals surface area contributed by atoms with E-state index in [0.29, 0.717) is 16.7 Å². The highest BCUT2D eigenvalue weighted by Gasteiger charge is 2.17. The Kier molecular flexibility index (Phi) is 7.74. The summed E-state index contributed by atoms with van der Waals surface area (Å²) in [6.07, 6.45) is 1.26. The molecule has 0 aliphatic carbocycles. The number of nitrogens with zero attached hydrogens (tertiary/aromatic N) is 4. The molecule has 4 aromatic rings. The van der Waals surface area contributed by atoms with E-state index in [-0.39, 0.29) is 17.2 Å². The molecule has 1 heterocycles. The Morgan fingerprint density at radius 1 is 1.00 bits per heavy atom. The second-order valence-electron chi connectivity index (χ2n) is 7.17. The Labute approximate surface area is 205 Å². The molecule has 1 aromatic heterocycles. The van der Waals surface area contributed by atoms with Crippen molar-refractivity contribution in [2.75, 3.05) is 20.0 Å². The van der Waals surface area contributed by atoms with E-state index in [1.54, 1.807) is 32.4 Å². The van der Waals surface area contributed by atoms with E-state index < -0.39 is 5.82 Å². The SMILES string of the molecule is COc1ccc(-c2nnc(SCC(=O)NN=Cc3ccccc3F)n2-c2ccc(OC)cc2)cc1. The van der Waals surface area contributed by atoms with Crippen molar-refractivity contribution in [3.63, 3.8) is 0 Å². The summed E-state index contributed by atoms with van der Waals surface area (Å²) in [6, 6.07) is 21.1. The number of halogens is 1. The molecule has 0 atom stereocenters. The van der Waals surface area contributed by atoms with Crippen molar-refractivity contribution in [2.24, 2.45) is 5.10 Å². The van der Waals surface area contributed by atoms with Gasteiger partial charge in [0.25, 0.3) is 5.91 Å². The van der Waals surface area contributed by atoms with Gasteiger partial charge in [0.2, 0.25) is 0 Å². The number of hydrogen-bond donors (Lipinski definition) is 1. The van der Waals surface area contributed by atoms with Gasteiger partial charge < -0.3 is 9.47 Å². The van der Waals surface area contributed by atoms with Crippen LogP contribution in [0.15, 0.2) is 83.1 Å². The van der Waals surface area contributed by atoms with Gasteiger partial charge in [-0.3, -0.25) is 9.36 Å². The lowest BCUT2D eigenvalue weighted by Crippen LogP contribution is -2.20. The van der Waals surface area contributed by atoms with E-state index in [4.69, 9.17) is 9.47 Å². The number of methoxy groups -OCH3 is 2. The average molecular weight is 492 g/mol. The zero-order chi connectivity index (χ0) is 24.6. The zero-order valence-corrected chi connectivity index (χ0v) is 19.8. The second kappa shape index (κ2) is 11.3. The summed E-state index contributed by atoms with van der Waals surface area (Å²) >= 11 is 1.21. The van der Waals surface area contributed by atoms with Gasteiger partial charge >= 0.3 is 0 Å². The number of carbonyl (C=O) groups is 1. The second-order valence-corrected chi connectivity index (χ2v) is 8.11. The summed E-state index contributed by atoms with van der Waals surface area (Å²) < 4.78 is 26.1. The van der Waals surface area contributed by atoms with E-state index in [2.05, 4.69) is 20.7 Å². The van der Waals surface area contributed by atoms with Crippen molar-refractivity contribution >= 4 is 23.9 Å². The van der Waals surface area contributed by atoms with Crippen LogP contribution in [0.25, 0.3) is 17.1 Å². The van der Waals surface area contributed by atoms with E-state index in [9.17, 15) is 9.18 Å². The van der Waals surface area contributed by atoms with Crippen LogP contribution in [0.2, 0.25) is 0 Å². The normalized spacial score (nSPS) is 10.9. The van der Waals surface area contributed by atoms with E-state index in [1.165, 1.54) is 24.0 Å². The predicted octanol–water partition coefficient (Wildman–Crippen LogP) is 4.33. The molecule has 0 saturated carbocycles. The van der Waals surface area contributed by atoms with Gasteiger partial charge in [-0.2, -0.15) is 5.10 Å². The first-order chi connectivity index (χ1) is 17.1. The third-order valence-electron chi connectivity index (χ3n) is 4.94. The van der Waals surface area contributed by atoms with Crippen molar-refractivity contribution in [1.29, 1.82) is 0 Å². The number of ether oxygens (including phenoxy) is 2. The minimum atomic E-state index is -0.418. The Morgan fingerprint density at radius 3 is 2.31 bits per heavy atom. The highest BCUT2D eigenvalue weighted by molar-refractivity contribution is 7.99. The molecule has 0 aliphatic rings. The third kappa shape index (κ3) is 5.85. The Morgan fingerprint density at radius 2 is 1.66 bits per heavy atom. The molecule has 3 aromatic carbocycles. The molecule has 10 heteroatoms. The maximum atomic E-state index is 13.7. The quantitative estimate of drug-likeness (QED) is 0.213. The molecule has 0 saturated heterocycles. The minimum Gasteiger partial charge on any atom is -0.497 e. The first-order valence-electron chi connectivity index (χ1n) is 10.5. The van der Waals surface area contributed by atoms with E-state index in [0.717, 1.165) is 17.0 Å². The molecule has 0 spiro atoms. The van der Waals surface area contributed by atoms with E-state index >= 15 is 0 Å². The zero-order valence-electron chi connectivity index (χ0n) is 19.0. The summed E-state index contributed by atoms with van der Waals surface area (Å²) in [5.41, 5.74) is 4.33. The fraction of sp³-hybridized carbons (Fsp3) is 0.120. The summed E-state index contributed by atoms with van der Waals surface area (Å²) in [6.45, 7) is 0. The van der Waals surface area contributed by atoms with Crippen molar-refractivity contribution in [3.8, 4) is 28.6 Å². The van der Waals surface area contributed by atoms with Crippen LogP contribution in [-0.2, 0) is 4.79 Å². The van der Waals surface area contributed by atoms with Gasteiger partial charge in [0.05, 0.1) is 26.2 Å². The van der Waals surface area contributed by atoms with Crippen LogP contribution in [0.4, 0.5) is 4.39 Å². The van der Waals surface area contributed by atoms with Crippen molar-refractivity contribution in [1.82, 2.24) is 20.2 Å². The van der Waals surface area contributed by atoms with Gasteiger partial charge in [-0.1, -0.05) is 30.0 Å². The fourth-order valence-electron chi connectivity index (χ4n) is 3.17.